The van der Waals surface area contributed by atoms with Gasteiger partial charge >= 0.3 is 0 Å². The molecule has 0 aliphatic heterocycles. The molecule has 0 aromatic carbocycles. The number of nitrogens with zero attached hydrogens (tertiary/aromatic N) is 2. The Labute approximate surface area is 134 Å². The van der Waals surface area contributed by atoms with E-state index in [4.69, 9.17) is 11.6 Å². The van der Waals surface area contributed by atoms with Gasteiger partial charge in [-0.25, -0.2) is 0 Å². The fourth-order valence-electron chi connectivity index (χ4n) is 4.04. The van der Waals surface area contributed by atoms with Crippen LogP contribution in [-0.4, -0.2) is 22.4 Å². The average molecular weight is 312 g/mol. The van der Waals surface area contributed by atoms with E-state index in [-0.39, 0.29) is 0 Å². The van der Waals surface area contributed by atoms with Crippen molar-refractivity contribution < 1.29 is 0 Å². The van der Waals surface area contributed by atoms with Crippen molar-refractivity contribution >= 4 is 11.6 Å². The fraction of sp³-hybridized carbons (Fsp3) is 0.824. The Morgan fingerprint density at radius 1 is 1.29 bits per heavy atom. The topological polar surface area (TPSA) is 29.9 Å². The first kappa shape index (κ1) is 16.8. The van der Waals surface area contributed by atoms with E-state index in [9.17, 15) is 0 Å². The molecule has 1 aliphatic rings. The van der Waals surface area contributed by atoms with Crippen LogP contribution in [0.5, 0.6) is 0 Å². The maximum atomic E-state index is 6.52. The van der Waals surface area contributed by atoms with Crippen LogP contribution in [0.4, 0.5) is 0 Å². The summed E-state index contributed by atoms with van der Waals surface area (Å²) >= 11 is 6.52. The monoisotopic (exact) mass is 311 g/mol. The largest absolute Gasteiger partial charge is 0.313 e. The van der Waals surface area contributed by atoms with Gasteiger partial charge in [0.25, 0.3) is 0 Å². The van der Waals surface area contributed by atoms with Crippen LogP contribution in [0, 0.1) is 12.3 Å². The lowest BCUT2D eigenvalue weighted by atomic mass is 9.74. The summed E-state index contributed by atoms with van der Waals surface area (Å²) in [6.45, 7) is 10.6. The summed E-state index contributed by atoms with van der Waals surface area (Å²) < 4.78 is 2.08. The van der Waals surface area contributed by atoms with Crippen LogP contribution in [0.15, 0.2) is 0 Å². The Morgan fingerprint density at radius 2 is 1.95 bits per heavy atom. The second kappa shape index (κ2) is 7.15. The number of nitrogens with one attached hydrogen (secondary N) is 1. The van der Waals surface area contributed by atoms with Crippen LogP contribution in [0.1, 0.15) is 64.3 Å². The zero-order valence-corrected chi connectivity index (χ0v) is 14.8. The summed E-state index contributed by atoms with van der Waals surface area (Å²) in [6.07, 6.45) is 7.68. The van der Waals surface area contributed by atoms with Crippen LogP contribution in [0.3, 0.4) is 0 Å². The van der Waals surface area contributed by atoms with E-state index in [0.717, 1.165) is 30.2 Å². The second-order valence-corrected chi connectivity index (χ2v) is 6.78. The molecule has 2 rings (SSSR count). The maximum absolute atomic E-state index is 6.52. The number of hydrogen-bond donors (Lipinski definition) is 1. The molecule has 0 radical (unpaired) electrons. The average Bonchev–Trinajstić information content (AvgIpc) is 3.07. The minimum atomic E-state index is 0.441. The van der Waals surface area contributed by atoms with E-state index in [1.165, 1.54) is 37.8 Å². The SMILES string of the molecule is CCNC(Cc1c(Cl)c(C)nn1CC)C1(CC)CCCC1. The van der Waals surface area contributed by atoms with Gasteiger partial charge in [-0.15, -0.1) is 0 Å². The third-order valence-corrected chi connectivity index (χ3v) is 5.84. The van der Waals surface area contributed by atoms with Gasteiger partial charge in [0.2, 0.25) is 0 Å². The quantitative estimate of drug-likeness (QED) is 0.811. The number of aromatic nitrogens is 2. The molecule has 1 unspecified atom stereocenters. The lowest BCUT2D eigenvalue weighted by Gasteiger charge is -2.38. The van der Waals surface area contributed by atoms with Gasteiger partial charge in [-0.1, -0.05) is 38.3 Å². The molecule has 1 fully saturated rings. The highest BCUT2D eigenvalue weighted by Gasteiger charge is 2.40. The minimum Gasteiger partial charge on any atom is -0.313 e. The van der Waals surface area contributed by atoms with Crippen LogP contribution >= 0.6 is 11.6 Å². The predicted octanol–water partition coefficient (Wildman–Crippen LogP) is 4.36. The molecule has 0 amide bonds. The van der Waals surface area contributed by atoms with E-state index in [1.54, 1.807) is 0 Å². The molecule has 21 heavy (non-hydrogen) atoms. The molecule has 4 heteroatoms. The summed E-state index contributed by atoms with van der Waals surface area (Å²) in [4.78, 5) is 0. The van der Waals surface area contributed by atoms with Crippen molar-refractivity contribution in [1.29, 1.82) is 0 Å². The summed E-state index contributed by atoms with van der Waals surface area (Å²) in [5.74, 6) is 0. The maximum Gasteiger partial charge on any atom is 0.0847 e. The fourth-order valence-corrected chi connectivity index (χ4v) is 4.25. The molecule has 1 saturated carbocycles. The van der Waals surface area contributed by atoms with Crippen molar-refractivity contribution in [2.45, 2.75) is 78.8 Å². The van der Waals surface area contributed by atoms with E-state index in [2.05, 4.69) is 35.9 Å². The van der Waals surface area contributed by atoms with Crippen molar-refractivity contribution in [2.75, 3.05) is 6.54 Å². The first-order valence-corrected chi connectivity index (χ1v) is 8.91. The Bertz CT molecular complexity index is 461. The lowest BCUT2D eigenvalue weighted by Crippen LogP contribution is -2.45. The van der Waals surface area contributed by atoms with Crippen molar-refractivity contribution in [3.8, 4) is 0 Å². The predicted molar refractivity (Wildman–Crippen MR) is 90.0 cm³/mol. The molecule has 1 atom stereocenters. The van der Waals surface area contributed by atoms with Gasteiger partial charge in [-0.05, 0) is 45.1 Å². The zero-order valence-electron chi connectivity index (χ0n) is 14.0. The molecule has 3 nitrogen and oxygen atoms in total. The smallest absolute Gasteiger partial charge is 0.0847 e. The van der Waals surface area contributed by atoms with Gasteiger partial charge < -0.3 is 5.32 Å². The van der Waals surface area contributed by atoms with Crippen molar-refractivity contribution in [3.05, 3.63) is 16.4 Å². The Morgan fingerprint density at radius 3 is 2.48 bits per heavy atom. The molecule has 0 spiro atoms. The van der Waals surface area contributed by atoms with E-state index in [0.29, 0.717) is 11.5 Å². The zero-order chi connectivity index (χ0) is 15.5. The van der Waals surface area contributed by atoms with Crippen LogP contribution in [0.2, 0.25) is 5.02 Å². The van der Waals surface area contributed by atoms with E-state index >= 15 is 0 Å². The molecule has 1 N–H and O–H groups in total. The summed E-state index contributed by atoms with van der Waals surface area (Å²) in [5, 5.41) is 9.19. The second-order valence-electron chi connectivity index (χ2n) is 6.40. The number of hydrogen-bond acceptors (Lipinski definition) is 2. The highest BCUT2D eigenvalue weighted by Crippen LogP contribution is 2.45. The molecule has 1 aromatic heterocycles. The molecule has 1 aromatic rings. The molecule has 1 aliphatic carbocycles. The normalized spacial score (nSPS) is 19.1. The standard InChI is InChI=1S/C17H30ClN3/c1-5-17(10-8-9-11-17)15(19-6-2)12-14-16(18)13(4)20-21(14)7-3/h15,19H,5-12H2,1-4H3. The van der Waals surface area contributed by atoms with Crippen molar-refractivity contribution in [3.63, 3.8) is 0 Å². The van der Waals surface area contributed by atoms with Crippen molar-refractivity contribution in [1.82, 2.24) is 15.1 Å². The summed E-state index contributed by atoms with van der Waals surface area (Å²) in [5.41, 5.74) is 2.61. The van der Waals surface area contributed by atoms with Crippen LogP contribution < -0.4 is 5.32 Å². The Kier molecular flexibility index (Phi) is 5.73. The van der Waals surface area contributed by atoms with Crippen LogP contribution in [-0.2, 0) is 13.0 Å². The number of halogens is 1. The van der Waals surface area contributed by atoms with Gasteiger partial charge in [0, 0.05) is 19.0 Å². The van der Waals surface area contributed by atoms with Gasteiger partial charge in [0.15, 0.2) is 0 Å². The third kappa shape index (κ3) is 3.29. The summed E-state index contributed by atoms with van der Waals surface area (Å²) in [6, 6.07) is 0.508. The Hall–Kier alpha value is -0.540. The number of likely N-dealkylation sites (N-methyl/N-ethyl adjacent to an activating group) is 1. The van der Waals surface area contributed by atoms with Gasteiger partial charge in [0.1, 0.15) is 0 Å². The first-order chi connectivity index (χ1) is 10.1. The summed E-state index contributed by atoms with van der Waals surface area (Å²) in [7, 11) is 0. The minimum absolute atomic E-state index is 0.441. The molecule has 0 saturated heterocycles. The lowest BCUT2D eigenvalue weighted by molar-refractivity contribution is 0.184. The third-order valence-electron chi connectivity index (χ3n) is 5.34. The van der Waals surface area contributed by atoms with Crippen LogP contribution in [0.25, 0.3) is 0 Å². The number of rotatable bonds is 7. The van der Waals surface area contributed by atoms with Gasteiger partial charge in [-0.3, -0.25) is 4.68 Å². The molecular formula is C17H30ClN3. The highest BCUT2D eigenvalue weighted by molar-refractivity contribution is 6.31. The van der Waals surface area contributed by atoms with Gasteiger partial charge in [0.05, 0.1) is 16.4 Å². The molecule has 1 heterocycles. The van der Waals surface area contributed by atoms with E-state index < -0.39 is 0 Å². The van der Waals surface area contributed by atoms with Crippen molar-refractivity contribution in [2.24, 2.45) is 5.41 Å². The first-order valence-electron chi connectivity index (χ1n) is 8.53. The Balaban J connectivity index is 2.28. The molecule has 0 bridgehead atoms. The van der Waals surface area contributed by atoms with Gasteiger partial charge in [-0.2, -0.15) is 5.10 Å². The highest BCUT2D eigenvalue weighted by atomic mass is 35.5. The number of aryl methyl sites for hydroxylation is 2. The molecule has 120 valence electrons. The molecular weight excluding hydrogens is 282 g/mol. The van der Waals surface area contributed by atoms with E-state index in [1.807, 2.05) is 6.92 Å².